The van der Waals surface area contributed by atoms with Gasteiger partial charge in [-0.15, -0.1) is 0 Å². The SMILES string of the molecule is CC(C)c1nc2cc(C(=O)N3CCC[C@@H](C)C3)cc(C(F)(F)F)c2o1. The lowest BCUT2D eigenvalue weighted by Gasteiger charge is -2.31. The Morgan fingerprint density at radius 3 is 2.68 bits per heavy atom. The molecular formula is C18H21F3N2O2. The van der Waals surface area contributed by atoms with Gasteiger partial charge in [-0.05, 0) is 30.9 Å². The van der Waals surface area contributed by atoms with Gasteiger partial charge in [0.2, 0.25) is 0 Å². The highest BCUT2D eigenvalue weighted by atomic mass is 19.4. The summed E-state index contributed by atoms with van der Waals surface area (Å²) < 4.78 is 45.7. The van der Waals surface area contributed by atoms with Crippen molar-refractivity contribution >= 4 is 17.0 Å². The van der Waals surface area contributed by atoms with Gasteiger partial charge >= 0.3 is 6.18 Å². The molecule has 3 rings (SSSR count). The highest BCUT2D eigenvalue weighted by molar-refractivity contribution is 5.98. The molecule has 1 aromatic heterocycles. The van der Waals surface area contributed by atoms with E-state index in [1.54, 1.807) is 18.7 Å². The third-order valence-electron chi connectivity index (χ3n) is 4.50. The molecule has 4 nitrogen and oxygen atoms in total. The molecule has 0 unspecified atom stereocenters. The Kier molecular flexibility index (Phi) is 4.51. The van der Waals surface area contributed by atoms with Crippen molar-refractivity contribution in [3.63, 3.8) is 0 Å². The molecule has 0 spiro atoms. The number of hydrogen-bond acceptors (Lipinski definition) is 3. The number of fused-ring (bicyclic) bond motifs is 1. The standard InChI is InChI=1S/C18H21F3N2O2/c1-10(2)16-22-14-8-12(7-13(15(14)25-16)18(19,20)21)17(24)23-6-4-5-11(3)9-23/h7-8,10-11H,4-6,9H2,1-3H3/t11-/m1/s1. The number of oxazole rings is 1. The average Bonchev–Trinajstić information content (AvgIpc) is 2.96. The monoisotopic (exact) mass is 354 g/mol. The maximum Gasteiger partial charge on any atom is 0.420 e. The molecule has 1 amide bonds. The maximum atomic E-state index is 13.5. The summed E-state index contributed by atoms with van der Waals surface area (Å²) >= 11 is 0. The van der Waals surface area contributed by atoms with Crippen LogP contribution < -0.4 is 0 Å². The minimum absolute atomic E-state index is 0.0116. The van der Waals surface area contributed by atoms with Gasteiger partial charge in [-0.2, -0.15) is 13.2 Å². The Morgan fingerprint density at radius 1 is 1.36 bits per heavy atom. The van der Waals surface area contributed by atoms with E-state index in [1.165, 1.54) is 6.07 Å². The highest BCUT2D eigenvalue weighted by Crippen LogP contribution is 2.37. The first kappa shape index (κ1) is 17.8. The number of benzene rings is 1. The molecular weight excluding hydrogens is 333 g/mol. The molecule has 2 heterocycles. The summed E-state index contributed by atoms with van der Waals surface area (Å²) in [4.78, 5) is 18.5. The van der Waals surface area contributed by atoms with Gasteiger partial charge in [0.25, 0.3) is 5.91 Å². The van der Waals surface area contributed by atoms with E-state index in [2.05, 4.69) is 4.98 Å². The first-order chi connectivity index (χ1) is 11.7. The summed E-state index contributed by atoms with van der Waals surface area (Å²) in [6.45, 7) is 6.75. The summed E-state index contributed by atoms with van der Waals surface area (Å²) in [5.74, 6) is 0.0587. The summed E-state index contributed by atoms with van der Waals surface area (Å²) in [6.07, 6.45) is -2.72. The lowest BCUT2D eigenvalue weighted by molar-refractivity contribution is -0.136. The average molecular weight is 354 g/mol. The van der Waals surface area contributed by atoms with E-state index in [9.17, 15) is 18.0 Å². The van der Waals surface area contributed by atoms with Crippen LogP contribution in [0, 0.1) is 5.92 Å². The molecule has 1 aliphatic heterocycles. The van der Waals surface area contributed by atoms with Gasteiger partial charge in [0.15, 0.2) is 11.5 Å². The summed E-state index contributed by atoms with van der Waals surface area (Å²) in [5, 5.41) is 0. The van der Waals surface area contributed by atoms with Crippen molar-refractivity contribution in [2.45, 2.75) is 45.7 Å². The maximum absolute atomic E-state index is 13.5. The quantitative estimate of drug-likeness (QED) is 0.775. The number of carbonyl (C=O) groups excluding carboxylic acids is 1. The van der Waals surface area contributed by atoms with Crippen LogP contribution in [0.4, 0.5) is 13.2 Å². The number of halogens is 3. The lowest BCUT2D eigenvalue weighted by Crippen LogP contribution is -2.39. The molecule has 1 atom stereocenters. The van der Waals surface area contributed by atoms with E-state index in [1.807, 2.05) is 6.92 Å². The number of rotatable bonds is 2. The van der Waals surface area contributed by atoms with Crippen molar-refractivity contribution in [2.24, 2.45) is 5.92 Å². The van der Waals surface area contributed by atoms with Crippen LogP contribution >= 0.6 is 0 Å². The molecule has 1 saturated heterocycles. The Bertz CT molecular complexity index is 795. The molecule has 0 radical (unpaired) electrons. The second-order valence-corrected chi connectivity index (χ2v) is 7.08. The zero-order chi connectivity index (χ0) is 18.4. The minimum Gasteiger partial charge on any atom is -0.440 e. The minimum atomic E-state index is -4.61. The van der Waals surface area contributed by atoms with E-state index in [0.29, 0.717) is 19.0 Å². The van der Waals surface area contributed by atoms with E-state index in [0.717, 1.165) is 18.9 Å². The van der Waals surface area contributed by atoms with Gasteiger partial charge in [0.05, 0.1) is 0 Å². The van der Waals surface area contributed by atoms with Crippen molar-refractivity contribution in [3.05, 3.63) is 29.2 Å². The fourth-order valence-electron chi connectivity index (χ4n) is 3.19. The number of alkyl halides is 3. The molecule has 7 heteroatoms. The van der Waals surface area contributed by atoms with Gasteiger partial charge in [-0.25, -0.2) is 4.98 Å². The van der Waals surface area contributed by atoms with Crippen LogP contribution in [-0.2, 0) is 6.18 Å². The molecule has 136 valence electrons. The number of piperidine rings is 1. The van der Waals surface area contributed by atoms with Crippen molar-refractivity contribution in [1.82, 2.24) is 9.88 Å². The normalized spacial score (nSPS) is 19.0. The highest BCUT2D eigenvalue weighted by Gasteiger charge is 2.36. The number of amides is 1. The second kappa shape index (κ2) is 6.35. The van der Waals surface area contributed by atoms with Crippen LogP contribution in [0.1, 0.15) is 61.3 Å². The zero-order valence-corrected chi connectivity index (χ0v) is 14.5. The predicted octanol–water partition coefficient (Wildman–Crippen LogP) is 4.84. The Balaban J connectivity index is 2.08. The summed E-state index contributed by atoms with van der Waals surface area (Å²) in [6, 6.07) is 2.29. The van der Waals surface area contributed by atoms with E-state index >= 15 is 0 Å². The molecule has 0 N–H and O–H groups in total. The predicted molar refractivity (Wildman–Crippen MR) is 87.4 cm³/mol. The molecule has 25 heavy (non-hydrogen) atoms. The van der Waals surface area contributed by atoms with E-state index < -0.39 is 11.7 Å². The fourth-order valence-corrected chi connectivity index (χ4v) is 3.19. The smallest absolute Gasteiger partial charge is 0.420 e. The van der Waals surface area contributed by atoms with Crippen LogP contribution in [0.2, 0.25) is 0 Å². The molecule has 1 fully saturated rings. The van der Waals surface area contributed by atoms with Crippen LogP contribution in [0.15, 0.2) is 16.5 Å². The Hall–Kier alpha value is -2.05. The first-order valence-corrected chi connectivity index (χ1v) is 8.47. The van der Waals surface area contributed by atoms with Gasteiger partial charge in [-0.3, -0.25) is 4.79 Å². The second-order valence-electron chi connectivity index (χ2n) is 7.08. The third kappa shape index (κ3) is 3.50. The largest absolute Gasteiger partial charge is 0.440 e. The van der Waals surface area contributed by atoms with Crippen LogP contribution in [-0.4, -0.2) is 28.9 Å². The van der Waals surface area contributed by atoms with Crippen LogP contribution in [0.25, 0.3) is 11.1 Å². The number of nitrogens with zero attached hydrogens (tertiary/aromatic N) is 2. The first-order valence-electron chi connectivity index (χ1n) is 8.47. The van der Waals surface area contributed by atoms with Gasteiger partial charge < -0.3 is 9.32 Å². The molecule has 1 aliphatic rings. The summed E-state index contributed by atoms with van der Waals surface area (Å²) in [7, 11) is 0. The van der Waals surface area contributed by atoms with Crippen molar-refractivity contribution in [3.8, 4) is 0 Å². The summed E-state index contributed by atoms with van der Waals surface area (Å²) in [5.41, 5.74) is -1.16. The van der Waals surface area contributed by atoms with Gasteiger partial charge in [-0.1, -0.05) is 20.8 Å². The Morgan fingerprint density at radius 2 is 2.08 bits per heavy atom. The van der Waals surface area contributed by atoms with Crippen LogP contribution in [0.3, 0.4) is 0 Å². The van der Waals surface area contributed by atoms with Crippen molar-refractivity contribution < 1.29 is 22.4 Å². The molecule has 0 saturated carbocycles. The lowest BCUT2D eigenvalue weighted by atomic mass is 9.99. The van der Waals surface area contributed by atoms with Crippen LogP contribution in [0.5, 0.6) is 0 Å². The van der Waals surface area contributed by atoms with E-state index in [4.69, 9.17) is 4.42 Å². The number of carbonyl (C=O) groups is 1. The molecule has 0 bridgehead atoms. The number of likely N-dealkylation sites (tertiary alicyclic amines) is 1. The number of aromatic nitrogens is 1. The zero-order valence-electron chi connectivity index (χ0n) is 14.5. The Labute approximate surface area is 144 Å². The molecule has 2 aromatic rings. The third-order valence-corrected chi connectivity index (χ3v) is 4.50. The van der Waals surface area contributed by atoms with Gasteiger partial charge in [0.1, 0.15) is 11.1 Å². The van der Waals surface area contributed by atoms with Gasteiger partial charge in [0, 0.05) is 24.6 Å². The number of hydrogen-bond donors (Lipinski definition) is 0. The van der Waals surface area contributed by atoms with Crippen molar-refractivity contribution in [2.75, 3.05) is 13.1 Å². The van der Waals surface area contributed by atoms with E-state index in [-0.39, 0.29) is 34.4 Å². The fraction of sp³-hybridized carbons (Fsp3) is 0.556. The van der Waals surface area contributed by atoms with Crippen molar-refractivity contribution in [1.29, 1.82) is 0 Å². The molecule has 1 aromatic carbocycles. The molecule has 0 aliphatic carbocycles. The topological polar surface area (TPSA) is 46.3 Å².